The Labute approximate surface area is 245 Å². The molecule has 0 aliphatic carbocycles. The number of piperidine rings is 6. The average molecular weight is 575 g/mol. The van der Waals surface area contributed by atoms with E-state index in [2.05, 4.69) is 20.4 Å². The van der Waals surface area contributed by atoms with Gasteiger partial charge in [0.05, 0.1) is 0 Å². The van der Waals surface area contributed by atoms with Gasteiger partial charge in [0.15, 0.2) is 0 Å². The Morgan fingerprint density at radius 1 is 0.690 bits per heavy atom. The Kier molecular flexibility index (Phi) is 8.00. The Morgan fingerprint density at radius 3 is 1.64 bits per heavy atom. The lowest BCUT2D eigenvalue weighted by atomic mass is 9.72. The summed E-state index contributed by atoms with van der Waals surface area (Å²) < 4.78 is 0. The van der Waals surface area contributed by atoms with Crippen molar-refractivity contribution in [1.29, 1.82) is 0 Å². The number of benzene rings is 2. The largest absolute Gasteiger partial charge is 0.481 e. The summed E-state index contributed by atoms with van der Waals surface area (Å²) >= 11 is 0. The highest BCUT2D eigenvalue weighted by Crippen LogP contribution is 2.38. The van der Waals surface area contributed by atoms with Crippen molar-refractivity contribution in [3.63, 3.8) is 0 Å². The third-order valence-electron chi connectivity index (χ3n) is 10.0. The van der Waals surface area contributed by atoms with Crippen molar-refractivity contribution in [2.75, 3.05) is 44.6 Å². The number of amides is 2. The first-order valence-electron chi connectivity index (χ1n) is 15.0. The minimum Gasteiger partial charge on any atom is -0.481 e. The Bertz CT molecular complexity index is 1330. The molecule has 2 aromatic rings. The molecule has 4 atom stereocenters. The molecule has 0 aromatic heterocycles. The zero-order valence-corrected chi connectivity index (χ0v) is 23.6. The van der Waals surface area contributed by atoms with Crippen LogP contribution in [0.5, 0.6) is 0 Å². The molecule has 42 heavy (non-hydrogen) atoms. The van der Waals surface area contributed by atoms with Gasteiger partial charge in [-0.3, -0.25) is 14.4 Å². The van der Waals surface area contributed by atoms with Gasteiger partial charge in [-0.1, -0.05) is 24.3 Å². The van der Waals surface area contributed by atoms with Crippen molar-refractivity contribution in [3.05, 3.63) is 54.1 Å². The molecule has 10 nitrogen and oxygen atoms in total. The molecule has 8 rings (SSSR count). The number of anilines is 1. The summed E-state index contributed by atoms with van der Waals surface area (Å²) in [6.45, 7) is 5.31. The van der Waals surface area contributed by atoms with Gasteiger partial charge in [0, 0.05) is 30.3 Å². The summed E-state index contributed by atoms with van der Waals surface area (Å²) in [6, 6.07) is 13.2. The number of fused-ring (bicyclic) bond motifs is 6. The zero-order valence-electron chi connectivity index (χ0n) is 23.6. The van der Waals surface area contributed by atoms with E-state index in [1.54, 1.807) is 36.4 Å². The molecular weight excluding hydrogens is 536 g/mol. The maximum atomic E-state index is 13.1. The van der Waals surface area contributed by atoms with E-state index in [4.69, 9.17) is 0 Å². The molecule has 6 aliphatic rings. The molecular formula is C32H38N4O6. The molecule has 10 heteroatoms. The fourth-order valence-corrected chi connectivity index (χ4v) is 7.62. The lowest BCUT2D eigenvalue weighted by molar-refractivity contribution is -0.151. The van der Waals surface area contributed by atoms with Crippen LogP contribution in [0.3, 0.4) is 0 Å². The van der Waals surface area contributed by atoms with Crippen LogP contribution in [-0.4, -0.2) is 89.1 Å². The van der Waals surface area contributed by atoms with Gasteiger partial charge in [0.25, 0.3) is 5.91 Å². The summed E-state index contributed by atoms with van der Waals surface area (Å²) in [5.74, 6) is -3.72. The van der Waals surface area contributed by atoms with Crippen molar-refractivity contribution in [2.24, 2.45) is 29.6 Å². The van der Waals surface area contributed by atoms with Crippen molar-refractivity contribution >= 4 is 29.4 Å². The summed E-state index contributed by atoms with van der Waals surface area (Å²) in [5, 5.41) is 25.3. The zero-order chi connectivity index (χ0) is 29.4. The van der Waals surface area contributed by atoms with E-state index < -0.39 is 35.7 Å². The summed E-state index contributed by atoms with van der Waals surface area (Å²) in [5.41, 5.74) is 2.64. The minimum absolute atomic E-state index is 0.0893. The van der Waals surface area contributed by atoms with Crippen LogP contribution in [0.25, 0.3) is 11.1 Å². The maximum absolute atomic E-state index is 13.1. The molecule has 0 saturated carbocycles. The van der Waals surface area contributed by atoms with E-state index in [0.29, 0.717) is 30.3 Å². The summed E-state index contributed by atoms with van der Waals surface area (Å²) in [6.07, 6.45) is 3.83. The number of carboxylic acids is 2. The van der Waals surface area contributed by atoms with Gasteiger partial charge in [-0.2, -0.15) is 0 Å². The van der Waals surface area contributed by atoms with Gasteiger partial charge in [-0.05, 0) is 105 Å². The molecule has 6 heterocycles. The van der Waals surface area contributed by atoms with E-state index in [9.17, 15) is 29.4 Å². The highest BCUT2D eigenvalue weighted by molar-refractivity contribution is 6.04. The highest BCUT2D eigenvalue weighted by atomic mass is 16.4. The van der Waals surface area contributed by atoms with Crippen LogP contribution in [0.2, 0.25) is 0 Å². The third-order valence-corrected chi connectivity index (χ3v) is 10.0. The molecule has 6 fully saturated rings. The van der Waals surface area contributed by atoms with Crippen LogP contribution in [-0.2, 0) is 14.4 Å². The second kappa shape index (κ2) is 11.9. The topological polar surface area (TPSA) is 139 Å². The number of rotatable bonds is 9. The average Bonchev–Trinajstić information content (AvgIpc) is 3.01. The molecule has 2 aromatic carbocycles. The molecule has 2 amide bonds. The van der Waals surface area contributed by atoms with Crippen LogP contribution in [0.15, 0.2) is 48.5 Å². The van der Waals surface area contributed by atoms with Crippen LogP contribution < -0.4 is 10.6 Å². The van der Waals surface area contributed by atoms with E-state index in [0.717, 1.165) is 63.0 Å². The maximum Gasteiger partial charge on any atom is 0.326 e. The van der Waals surface area contributed by atoms with E-state index >= 15 is 0 Å². The molecule has 6 aliphatic heterocycles. The van der Waals surface area contributed by atoms with Crippen LogP contribution in [0, 0.1) is 29.6 Å². The monoisotopic (exact) mass is 574 g/mol. The number of aliphatic carboxylic acids is 2. The number of hydrogen-bond acceptors (Lipinski definition) is 6. The van der Waals surface area contributed by atoms with E-state index in [1.165, 1.54) is 0 Å². The van der Waals surface area contributed by atoms with Crippen molar-refractivity contribution < 1.29 is 29.4 Å². The first-order valence-corrected chi connectivity index (χ1v) is 15.0. The smallest absolute Gasteiger partial charge is 0.326 e. The normalized spacial score (nSPS) is 29.3. The Balaban J connectivity index is 1.08. The highest BCUT2D eigenvalue weighted by Gasteiger charge is 2.45. The Hall–Kier alpha value is -3.76. The lowest BCUT2D eigenvalue weighted by Crippen LogP contribution is -2.57. The van der Waals surface area contributed by atoms with Crippen LogP contribution in [0.1, 0.15) is 36.0 Å². The fourth-order valence-electron chi connectivity index (χ4n) is 7.62. The van der Waals surface area contributed by atoms with Gasteiger partial charge >= 0.3 is 11.9 Å². The second-order valence-electron chi connectivity index (χ2n) is 12.4. The first kappa shape index (κ1) is 28.4. The molecule has 0 radical (unpaired) electrons. The first-order chi connectivity index (χ1) is 20.3. The number of hydrogen-bond donors (Lipinski definition) is 4. The van der Waals surface area contributed by atoms with Gasteiger partial charge in [0.2, 0.25) is 5.91 Å². The molecule has 6 saturated heterocycles. The van der Waals surface area contributed by atoms with Gasteiger partial charge in [0.1, 0.15) is 12.0 Å². The van der Waals surface area contributed by atoms with Crippen LogP contribution >= 0.6 is 0 Å². The fraction of sp³-hybridized carbons (Fsp3) is 0.500. The Morgan fingerprint density at radius 2 is 1.19 bits per heavy atom. The summed E-state index contributed by atoms with van der Waals surface area (Å²) in [4.78, 5) is 54.7. The predicted molar refractivity (Wildman–Crippen MR) is 156 cm³/mol. The van der Waals surface area contributed by atoms with Crippen molar-refractivity contribution in [3.8, 4) is 11.1 Å². The number of nitrogens with zero attached hydrogens (tertiary/aromatic N) is 2. The second-order valence-corrected chi connectivity index (χ2v) is 12.4. The molecule has 4 bridgehead atoms. The third kappa shape index (κ3) is 5.78. The standard InChI is InChI=1S/C32H38N4O6/c37-29(34-28(32(41)42)26-18-36-15-11-22(26)12-16-36)23-3-1-19(2-4-23)20-5-7-24(8-6-20)33-30(38)27(31(39)40)25-17-35-13-9-21(25)10-14-35/h1-8,21-22,25-28H,9-18H2,(H,33,38)(H,34,37)(H,39,40)(H,41,42)/t25-,26+,27-,28-/m1/s1. The van der Waals surface area contributed by atoms with Gasteiger partial charge in [-0.15, -0.1) is 0 Å². The molecule has 4 N–H and O–H groups in total. The van der Waals surface area contributed by atoms with Gasteiger partial charge < -0.3 is 30.6 Å². The summed E-state index contributed by atoms with van der Waals surface area (Å²) in [7, 11) is 0. The van der Waals surface area contributed by atoms with E-state index in [1.807, 2.05) is 12.1 Å². The predicted octanol–water partition coefficient (Wildman–Crippen LogP) is 2.86. The number of carbonyl (C=O) groups excluding carboxylic acids is 2. The van der Waals surface area contributed by atoms with Gasteiger partial charge in [-0.25, -0.2) is 4.79 Å². The van der Waals surface area contributed by atoms with E-state index in [-0.39, 0.29) is 17.8 Å². The number of carboxylic acid groups (broad SMARTS) is 2. The van der Waals surface area contributed by atoms with Crippen molar-refractivity contribution in [1.82, 2.24) is 15.1 Å². The quantitative estimate of drug-likeness (QED) is 0.336. The molecule has 0 spiro atoms. The van der Waals surface area contributed by atoms with Crippen LogP contribution in [0.4, 0.5) is 5.69 Å². The molecule has 222 valence electrons. The van der Waals surface area contributed by atoms with Crippen molar-refractivity contribution in [2.45, 2.75) is 31.7 Å². The minimum atomic E-state index is -1.08. The SMILES string of the molecule is O=C(N[C@@H](C(=O)O)[C@H]1CN2CCC1CC2)c1ccc(-c2ccc(NC(=O)[C@H](C(=O)O)[C@@H]3CN4CCC3CC4)cc2)cc1. The number of carbonyl (C=O) groups is 4. The lowest BCUT2D eigenvalue weighted by Gasteiger charge is -2.46. The molecule has 0 unspecified atom stereocenters. The number of nitrogens with one attached hydrogen (secondary N) is 2.